The first-order chi connectivity index (χ1) is 9.77. The summed E-state index contributed by atoms with van der Waals surface area (Å²) >= 11 is 8.25. The molecule has 114 valence electrons. The van der Waals surface area contributed by atoms with Crippen LogP contribution in [0.15, 0.2) is 33.0 Å². The molecule has 0 radical (unpaired) electrons. The molecule has 21 heavy (non-hydrogen) atoms. The summed E-state index contributed by atoms with van der Waals surface area (Å²) in [4.78, 5) is 17.2. The second-order valence-electron chi connectivity index (χ2n) is 5.88. The van der Waals surface area contributed by atoms with Crippen molar-refractivity contribution in [3.05, 3.63) is 37.9 Å². The first kappa shape index (κ1) is 16.7. The van der Waals surface area contributed by atoms with Gasteiger partial charge < -0.3 is 9.88 Å². The number of carbonyl (C=O) groups excluding carboxylic acids is 1. The summed E-state index contributed by atoms with van der Waals surface area (Å²) < 4.78 is 3.81. The lowest BCUT2D eigenvalue weighted by molar-refractivity contribution is 0.0896. The zero-order chi connectivity index (χ0) is 15.6. The fraction of sp³-hybridized carbons (Fsp3) is 0.429. The molecule has 0 aliphatic heterocycles. The molecule has 0 aromatic carbocycles. The summed E-state index contributed by atoms with van der Waals surface area (Å²) in [5.41, 5.74) is -0.0499. The lowest BCUT2D eigenvalue weighted by Crippen LogP contribution is -2.46. The van der Waals surface area contributed by atoms with Gasteiger partial charge in [0.05, 0.1) is 21.0 Å². The van der Waals surface area contributed by atoms with E-state index in [4.69, 9.17) is 0 Å². The van der Waals surface area contributed by atoms with Crippen molar-refractivity contribution in [2.45, 2.75) is 33.4 Å². The molecule has 0 saturated carbocycles. The molecule has 0 aliphatic carbocycles. The van der Waals surface area contributed by atoms with Crippen LogP contribution in [-0.4, -0.2) is 21.5 Å². The van der Waals surface area contributed by atoms with Crippen LogP contribution >= 0.6 is 43.2 Å². The zero-order valence-corrected chi connectivity index (χ0v) is 16.0. The highest BCUT2D eigenvalue weighted by Gasteiger charge is 2.27. The van der Waals surface area contributed by atoms with E-state index in [0.29, 0.717) is 11.4 Å². The molecule has 2 aromatic rings. The Hall–Kier alpha value is -0.660. The van der Waals surface area contributed by atoms with Gasteiger partial charge in [-0.2, -0.15) is 0 Å². The first-order valence-electron chi connectivity index (χ1n) is 6.49. The van der Waals surface area contributed by atoms with Gasteiger partial charge in [0.2, 0.25) is 0 Å². The van der Waals surface area contributed by atoms with Crippen LogP contribution in [-0.2, 0) is 6.54 Å². The molecule has 2 heterocycles. The van der Waals surface area contributed by atoms with Gasteiger partial charge in [-0.25, -0.2) is 4.98 Å². The van der Waals surface area contributed by atoms with E-state index in [2.05, 4.69) is 62.9 Å². The molecule has 2 rings (SSSR count). The van der Waals surface area contributed by atoms with Crippen LogP contribution in [0.4, 0.5) is 0 Å². The Balaban J connectivity index is 2.13. The molecule has 0 bridgehead atoms. The summed E-state index contributed by atoms with van der Waals surface area (Å²) in [6.07, 6.45) is 5.42. The normalized spacial score (nSPS) is 13.2. The van der Waals surface area contributed by atoms with E-state index in [1.165, 1.54) is 11.3 Å². The minimum atomic E-state index is -0.0499. The van der Waals surface area contributed by atoms with E-state index >= 15 is 0 Å². The van der Waals surface area contributed by atoms with E-state index in [0.717, 1.165) is 8.26 Å². The number of rotatable bonds is 4. The molecule has 0 saturated heterocycles. The number of imidazole rings is 1. The second kappa shape index (κ2) is 6.62. The van der Waals surface area contributed by atoms with Crippen LogP contribution in [0.5, 0.6) is 0 Å². The van der Waals surface area contributed by atoms with Gasteiger partial charge in [-0.15, -0.1) is 11.3 Å². The number of hydrogen-bond acceptors (Lipinski definition) is 3. The maximum Gasteiger partial charge on any atom is 0.261 e. The van der Waals surface area contributed by atoms with E-state index in [-0.39, 0.29) is 17.4 Å². The summed E-state index contributed by atoms with van der Waals surface area (Å²) in [5, 5.41) is 3.13. The Kier molecular flexibility index (Phi) is 5.27. The van der Waals surface area contributed by atoms with E-state index in [1.54, 1.807) is 12.5 Å². The van der Waals surface area contributed by atoms with Crippen LogP contribution in [0.1, 0.15) is 30.4 Å². The molecular formula is C14H17Br2N3OS. The Labute approximate surface area is 145 Å². The average Bonchev–Trinajstić information content (AvgIpc) is 2.98. The highest BCUT2D eigenvalue weighted by atomic mass is 79.9. The van der Waals surface area contributed by atoms with Gasteiger partial charge in [-0.05, 0) is 43.3 Å². The van der Waals surface area contributed by atoms with E-state index in [1.807, 2.05) is 16.8 Å². The number of thiophene rings is 1. The molecule has 4 nitrogen and oxygen atoms in total. The topological polar surface area (TPSA) is 46.9 Å². The van der Waals surface area contributed by atoms with Gasteiger partial charge in [0, 0.05) is 23.4 Å². The van der Waals surface area contributed by atoms with Crippen molar-refractivity contribution < 1.29 is 4.79 Å². The van der Waals surface area contributed by atoms with Crippen molar-refractivity contribution in [3.8, 4) is 0 Å². The third kappa shape index (κ3) is 4.40. The number of aromatic nitrogens is 2. The molecule has 1 N–H and O–H groups in total. The monoisotopic (exact) mass is 433 g/mol. The molecule has 1 unspecified atom stereocenters. The van der Waals surface area contributed by atoms with Gasteiger partial charge in [0.15, 0.2) is 0 Å². The highest BCUT2D eigenvalue weighted by molar-refractivity contribution is 9.13. The van der Waals surface area contributed by atoms with Crippen LogP contribution in [0, 0.1) is 5.41 Å². The zero-order valence-electron chi connectivity index (χ0n) is 12.1. The van der Waals surface area contributed by atoms with Gasteiger partial charge in [-0.1, -0.05) is 20.8 Å². The van der Waals surface area contributed by atoms with Gasteiger partial charge in [-0.3, -0.25) is 4.79 Å². The Morgan fingerprint density at radius 2 is 2.19 bits per heavy atom. The van der Waals surface area contributed by atoms with Crippen molar-refractivity contribution in [1.82, 2.24) is 14.9 Å². The summed E-state index contributed by atoms with van der Waals surface area (Å²) in [6.45, 7) is 7.06. The molecule has 2 aromatic heterocycles. The maximum atomic E-state index is 12.4. The fourth-order valence-electron chi connectivity index (χ4n) is 1.83. The van der Waals surface area contributed by atoms with E-state index < -0.39 is 0 Å². The molecule has 0 aliphatic rings. The predicted octanol–water partition coefficient (Wildman–Crippen LogP) is 4.31. The summed E-state index contributed by atoms with van der Waals surface area (Å²) in [7, 11) is 0. The Morgan fingerprint density at radius 3 is 2.67 bits per heavy atom. The van der Waals surface area contributed by atoms with Crippen LogP contribution < -0.4 is 5.32 Å². The SMILES string of the molecule is CC(C)(C)C(Cn1ccnc1)NC(=O)c1cc(Br)c(Br)s1. The Bertz CT molecular complexity index is 597. The summed E-state index contributed by atoms with van der Waals surface area (Å²) in [6, 6.07) is 1.85. The smallest absolute Gasteiger partial charge is 0.261 e. The first-order valence-corrected chi connectivity index (χ1v) is 8.89. The summed E-state index contributed by atoms with van der Waals surface area (Å²) in [5.74, 6) is -0.0496. The molecule has 0 fully saturated rings. The third-order valence-electron chi connectivity index (χ3n) is 3.17. The quantitative estimate of drug-likeness (QED) is 0.778. The van der Waals surface area contributed by atoms with Crippen LogP contribution in [0.25, 0.3) is 0 Å². The molecule has 0 spiro atoms. The number of amides is 1. The molecule has 7 heteroatoms. The highest BCUT2D eigenvalue weighted by Crippen LogP contribution is 2.32. The second-order valence-corrected chi connectivity index (χ2v) is 9.11. The van der Waals surface area contributed by atoms with Crippen molar-refractivity contribution in [1.29, 1.82) is 0 Å². The van der Waals surface area contributed by atoms with Crippen molar-refractivity contribution >= 4 is 49.1 Å². The molecule has 1 atom stereocenters. The van der Waals surface area contributed by atoms with Crippen molar-refractivity contribution in [2.24, 2.45) is 5.41 Å². The van der Waals surface area contributed by atoms with Gasteiger partial charge in [0.25, 0.3) is 5.91 Å². The number of carbonyl (C=O) groups is 1. The molecule has 1 amide bonds. The van der Waals surface area contributed by atoms with Crippen molar-refractivity contribution in [2.75, 3.05) is 0 Å². The van der Waals surface area contributed by atoms with E-state index in [9.17, 15) is 4.79 Å². The largest absolute Gasteiger partial charge is 0.346 e. The standard InChI is InChI=1S/C14H17Br2N3OS/c1-14(2,3)11(7-19-5-4-17-8-19)18-13(20)10-6-9(15)12(16)21-10/h4-6,8,11H,7H2,1-3H3,(H,18,20). The Morgan fingerprint density at radius 1 is 1.48 bits per heavy atom. The average molecular weight is 435 g/mol. The predicted molar refractivity (Wildman–Crippen MR) is 92.7 cm³/mol. The van der Waals surface area contributed by atoms with Crippen LogP contribution in [0.2, 0.25) is 0 Å². The number of nitrogens with one attached hydrogen (secondary N) is 1. The number of halogens is 2. The minimum Gasteiger partial charge on any atom is -0.346 e. The number of hydrogen-bond donors (Lipinski definition) is 1. The number of nitrogens with zero attached hydrogens (tertiary/aromatic N) is 2. The lowest BCUT2D eigenvalue weighted by atomic mass is 9.86. The van der Waals surface area contributed by atoms with Crippen LogP contribution in [0.3, 0.4) is 0 Å². The maximum absolute atomic E-state index is 12.4. The molecular weight excluding hydrogens is 418 g/mol. The lowest BCUT2D eigenvalue weighted by Gasteiger charge is -2.31. The fourth-order valence-corrected chi connectivity index (χ4v) is 3.77. The van der Waals surface area contributed by atoms with Crippen molar-refractivity contribution in [3.63, 3.8) is 0 Å². The third-order valence-corrected chi connectivity index (χ3v) is 6.43. The minimum absolute atomic E-state index is 0.0128. The van der Waals surface area contributed by atoms with Gasteiger partial charge >= 0.3 is 0 Å². The van der Waals surface area contributed by atoms with Gasteiger partial charge in [0.1, 0.15) is 0 Å².